The van der Waals surface area contributed by atoms with Crippen molar-refractivity contribution in [3.8, 4) is 0 Å². The van der Waals surface area contributed by atoms with Crippen LogP contribution in [0.25, 0.3) is 10.9 Å². The van der Waals surface area contributed by atoms with E-state index in [0.717, 1.165) is 22.3 Å². The highest BCUT2D eigenvalue weighted by Crippen LogP contribution is 2.23. The number of pyridine rings is 1. The average molecular weight is 277 g/mol. The number of carbonyl (C=O) groups excluding carboxylic acids is 1. The van der Waals surface area contributed by atoms with Gasteiger partial charge in [0.15, 0.2) is 0 Å². The van der Waals surface area contributed by atoms with Crippen molar-refractivity contribution >= 4 is 28.2 Å². The number of rotatable bonds is 3. The van der Waals surface area contributed by atoms with Crippen LogP contribution in [0.4, 0.5) is 11.4 Å². The average Bonchev–Trinajstić information content (AvgIpc) is 2.54. The van der Waals surface area contributed by atoms with E-state index in [1.54, 1.807) is 6.07 Å². The molecule has 0 spiro atoms. The first-order chi connectivity index (χ1) is 10.3. The van der Waals surface area contributed by atoms with Crippen molar-refractivity contribution in [2.24, 2.45) is 0 Å². The van der Waals surface area contributed by atoms with Crippen LogP contribution in [-0.4, -0.2) is 17.9 Å². The second kappa shape index (κ2) is 5.63. The van der Waals surface area contributed by atoms with Gasteiger partial charge in [-0.2, -0.15) is 0 Å². The third-order valence-corrected chi connectivity index (χ3v) is 3.25. The molecule has 0 aliphatic heterocycles. The Morgan fingerprint density at radius 3 is 2.48 bits per heavy atom. The molecule has 1 aromatic heterocycles. The standard InChI is InChI=1S/C17H15N3O/c1-18-15-11-16(20-14-10-6-5-9-13(14)15)17(21)19-12-7-3-2-4-8-12/h2-11H,1H3,(H,18,20)(H,19,21). The summed E-state index contributed by atoms with van der Waals surface area (Å²) in [7, 11) is 1.83. The SMILES string of the molecule is CNc1cc(C(=O)Nc2ccccc2)nc2ccccc12. The van der Waals surface area contributed by atoms with E-state index < -0.39 is 0 Å². The molecule has 104 valence electrons. The number of hydrogen-bond acceptors (Lipinski definition) is 3. The zero-order valence-electron chi connectivity index (χ0n) is 11.6. The monoisotopic (exact) mass is 277 g/mol. The largest absolute Gasteiger partial charge is 0.388 e. The first-order valence-corrected chi connectivity index (χ1v) is 6.72. The van der Waals surface area contributed by atoms with Gasteiger partial charge in [0.1, 0.15) is 5.69 Å². The minimum absolute atomic E-state index is 0.219. The fourth-order valence-corrected chi connectivity index (χ4v) is 2.22. The summed E-state index contributed by atoms with van der Waals surface area (Å²) in [5, 5.41) is 6.95. The minimum atomic E-state index is -0.219. The lowest BCUT2D eigenvalue weighted by molar-refractivity contribution is 0.102. The summed E-state index contributed by atoms with van der Waals surface area (Å²) >= 11 is 0. The van der Waals surface area contributed by atoms with Gasteiger partial charge in [-0.15, -0.1) is 0 Å². The number of carbonyl (C=O) groups is 1. The highest BCUT2D eigenvalue weighted by atomic mass is 16.1. The van der Waals surface area contributed by atoms with Crippen molar-refractivity contribution in [2.45, 2.75) is 0 Å². The van der Waals surface area contributed by atoms with Crippen LogP contribution in [0.15, 0.2) is 60.7 Å². The molecule has 1 amide bonds. The van der Waals surface area contributed by atoms with Gasteiger partial charge in [-0.25, -0.2) is 4.98 Å². The molecule has 0 unspecified atom stereocenters. The molecule has 0 bridgehead atoms. The summed E-state index contributed by atoms with van der Waals surface area (Å²) in [6.45, 7) is 0. The highest BCUT2D eigenvalue weighted by molar-refractivity contribution is 6.06. The normalized spacial score (nSPS) is 10.3. The van der Waals surface area contributed by atoms with Crippen molar-refractivity contribution < 1.29 is 4.79 Å². The molecule has 0 aliphatic carbocycles. The van der Waals surface area contributed by atoms with E-state index in [4.69, 9.17) is 0 Å². The van der Waals surface area contributed by atoms with E-state index in [1.807, 2.05) is 61.6 Å². The Morgan fingerprint density at radius 2 is 1.71 bits per heavy atom. The zero-order valence-corrected chi connectivity index (χ0v) is 11.6. The van der Waals surface area contributed by atoms with Crippen LogP contribution in [0, 0.1) is 0 Å². The second-order valence-corrected chi connectivity index (χ2v) is 4.64. The molecule has 4 nitrogen and oxygen atoms in total. The number of fused-ring (bicyclic) bond motifs is 1. The summed E-state index contributed by atoms with van der Waals surface area (Å²) in [5.74, 6) is -0.219. The van der Waals surface area contributed by atoms with Crippen LogP contribution < -0.4 is 10.6 Å². The third-order valence-electron chi connectivity index (χ3n) is 3.25. The summed E-state index contributed by atoms with van der Waals surface area (Å²) in [6.07, 6.45) is 0. The lowest BCUT2D eigenvalue weighted by atomic mass is 10.1. The summed E-state index contributed by atoms with van der Waals surface area (Å²) in [4.78, 5) is 16.8. The van der Waals surface area contributed by atoms with Crippen molar-refractivity contribution in [1.29, 1.82) is 0 Å². The summed E-state index contributed by atoms with van der Waals surface area (Å²) < 4.78 is 0. The Kier molecular flexibility index (Phi) is 3.51. The Hall–Kier alpha value is -2.88. The summed E-state index contributed by atoms with van der Waals surface area (Å²) in [6, 6.07) is 18.9. The van der Waals surface area contributed by atoms with Gasteiger partial charge < -0.3 is 10.6 Å². The number of para-hydroxylation sites is 2. The van der Waals surface area contributed by atoms with Crippen LogP contribution in [-0.2, 0) is 0 Å². The van der Waals surface area contributed by atoms with Crippen LogP contribution in [0.2, 0.25) is 0 Å². The number of amides is 1. The van der Waals surface area contributed by atoms with Crippen molar-refractivity contribution in [3.05, 3.63) is 66.4 Å². The van der Waals surface area contributed by atoms with Gasteiger partial charge in [-0.05, 0) is 24.3 Å². The van der Waals surface area contributed by atoms with Crippen molar-refractivity contribution in [1.82, 2.24) is 4.98 Å². The number of benzene rings is 2. The first-order valence-electron chi connectivity index (χ1n) is 6.72. The van der Waals surface area contributed by atoms with Gasteiger partial charge in [-0.3, -0.25) is 4.79 Å². The minimum Gasteiger partial charge on any atom is -0.388 e. The third kappa shape index (κ3) is 2.69. The molecule has 0 atom stereocenters. The molecule has 0 saturated heterocycles. The topological polar surface area (TPSA) is 54.0 Å². The fourth-order valence-electron chi connectivity index (χ4n) is 2.22. The van der Waals surface area contributed by atoms with Crippen LogP contribution >= 0.6 is 0 Å². The number of anilines is 2. The van der Waals surface area contributed by atoms with Gasteiger partial charge in [0.25, 0.3) is 5.91 Å². The maximum atomic E-state index is 12.3. The van der Waals surface area contributed by atoms with Gasteiger partial charge in [0, 0.05) is 23.8 Å². The first kappa shape index (κ1) is 13.1. The quantitative estimate of drug-likeness (QED) is 0.770. The van der Waals surface area contributed by atoms with Crippen LogP contribution in [0.3, 0.4) is 0 Å². The molecule has 0 aliphatic rings. The number of nitrogens with one attached hydrogen (secondary N) is 2. The molecule has 4 heteroatoms. The predicted molar refractivity (Wildman–Crippen MR) is 85.7 cm³/mol. The zero-order chi connectivity index (χ0) is 14.7. The molecule has 3 rings (SSSR count). The Bertz CT molecular complexity index is 784. The Balaban J connectivity index is 1.98. The Morgan fingerprint density at radius 1 is 1.00 bits per heavy atom. The molecule has 0 radical (unpaired) electrons. The number of aromatic nitrogens is 1. The molecule has 2 aromatic carbocycles. The van der Waals surface area contributed by atoms with E-state index >= 15 is 0 Å². The van der Waals surface area contributed by atoms with Crippen LogP contribution in [0.1, 0.15) is 10.5 Å². The van der Waals surface area contributed by atoms with E-state index in [1.165, 1.54) is 0 Å². The van der Waals surface area contributed by atoms with E-state index in [2.05, 4.69) is 15.6 Å². The van der Waals surface area contributed by atoms with Gasteiger partial charge in [-0.1, -0.05) is 36.4 Å². The Labute approximate surface area is 122 Å². The summed E-state index contributed by atoms with van der Waals surface area (Å²) in [5.41, 5.74) is 2.83. The maximum absolute atomic E-state index is 12.3. The molecular weight excluding hydrogens is 262 g/mol. The molecule has 2 N–H and O–H groups in total. The smallest absolute Gasteiger partial charge is 0.274 e. The van der Waals surface area contributed by atoms with Gasteiger partial charge >= 0.3 is 0 Å². The van der Waals surface area contributed by atoms with Crippen molar-refractivity contribution in [3.63, 3.8) is 0 Å². The van der Waals surface area contributed by atoms with Crippen LogP contribution in [0.5, 0.6) is 0 Å². The predicted octanol–water partition coefficient (Wildman–Crippen LogP) is 3.53. The maximum Gasteiger partial charge on any atom is 0.274 e. The molecular formula is C17H15N3O. The van der Waals surface area contributed by atoms with E-state index in [-0.39, 0.29) is 5.91 Å². The second-order valence-electron chi connectivity index (χ2n) is 4.64. The lowest BCUT2D eigenvalue weighted by Crippen LogP contribution is -2.14. The molecule has 0 saturated carbocycles. The van der Waals surface area contributed by atoms with Gasteiger partial charge in [0.05, 0.1) is 5.52 Å². The molecule has 0 fully saturated rings. The van der Waals surface area contributed by atoms with E-state index in [0.29, 0.717) is 5.69 Å². The van der Waals surface area contributed by atoms with Crippen molar-refractivity contribution in [2.75, 3.05) is 17.7 Å². The number of nitrogens with zero attached hydrogens (tertiary/aromatic N) is 1. The molecule has 3 aromatic rings. The van der Waals surface area contributed by atoms with E-state index in [9.17, 15) is 4.79 Å². The lowest BCUT2D eigenvalue weighted by Gasteiger charge is -2.09. The molecule has 1 heterocycles. The fraction of sp³-hybridized carbons (Fsp3) is 0.0588. The molecule has 21 heavy (non-hydrogen) atoms. The highest BCUT2D eigenvalue weighted by Gasteiger charge is 2.11. The van der Waals surface area contributed by atoms with Gasteiger partial charge in [0.2, 0.25) is 0 Å². The number of hydrogen-bond donors (Lipinski definition) is 2.